The molecular weight excluding hydrogens is 291 g/mol. The summed E-state index contributed by atoms with van der Waals surface area (Å²) in [5.74, 6) is 0. The normalized spacial score (nSPS) is 25.4. The Morgan fingerprint density at radius 1 is 1.05 bits per heavy atom. The zero-order valence-corrected chi connectivity index (χ0v) is 11.8. The van der Waals surface area contributed by atoms with Gasteiger partial charge >= 0.3 is 6.18 Å². The minimum Gasteiger partial charge on any atom is -0.384 e. The van der Waals surface area contributed by atoms with Crippen LogP contribution in [-0.2, 0) is 11.8 Å². The fraction of sp³-hybridized carbons (Fsp3) is 0.294. The first-order chi connectivity index (χ1) is 10.4. The summed E-state index contributed by atoms with van der Waals surface area (Å²) < 4.78 is 38.5. The second-order valence-corrected chi connectivity index (χ2v) is 5.66. The number of hydrogen-bond acceptors (Lipinski definition) is 2. The monoisotopic (exact) mass is 307 g/mol. The zero-order chi connectivity index (χ0) is 15.8. The lowest BCUT2D eigenvalue weighted by atomic mass is 9.88. The van der Waals surface area contributed by atoms with Crippen molar-refractivity contribution in [2.45, 2.75) is 24.2 Å². The van der Waals surface area contributed by atoms with Gasteiger partial charge in [-0.15, -0.1) is 0 Å². The van der Waals surface area contributed by atoms with Gasteiger partial charge in [0, 0.05) is 19.0 Å². The Labute approximate surface area is 126 Å². The molecule has 1 fully saturated rings. The van der Waals surface area contributed by atoms with Crippen molar-refractivity contribution in [3.05, 3.63) is 71.3 Å². The molecule has 22 heavy (non-hydrogen) atoms. The van der Waals surface area contributed by atoms with Gasteiger partial charge in [-0.25, -0.2) is 0 Å². The highest BCUT2D eigenvalue weighted by Crippen LogP contribution is 2.39. The molecule has 0 unspecified atom stereocenters. The average molecular weight is 307 g/mol. The first-order valence-electron chi connectivity index (χ1n) is 7.07. The Kier molecular flexibility index (Phi) is 3.70. The molecule has 2 atom stereocenters. The highest BCUT2D eigenvalue weighted by atomic mass is 19.4. The van der Waals surface area contributed by atoms with Crippen LogP contribution in [0.2, 0.25) is 0 Å². The summed E-state index contributed by atoms with van der Waals surface area (Å²) in [4.78, 5) is 0. The molecular formula is C17H16F3NO. The highest BCUT2D eigenvalue weighted by Gasteiger charge is 2.40. The van der Waals surface area contributed by atoms with Crippen LogP contribution in [0.5, 0.6) is 0 Å². The molecule has 1 aliphatic rings. The lowest BCUT2D eigenvalue weighted by molar-refractivity contribution is -0.137. The number of β-amino-alcohol motifs (C(OH)–C–C–N with tert-alkyl or cyclic N) is 1. The first kappa shape index (κ1) is 15.1. The van der Waals surface area contributed by atoms with Gasteiger partial charge < -0.3 is 10.4 Å². The lowest BCUT2D eigenvalue weighted by Crippen LogP contribution is -2.28. The predicted octanol–water partition coefficient (Wildman–Crippen LogP) is 3.63. The Morgan fingerprint density at radius 3 is 2.45 bits per heavy atom. The smallest absolute Gasteiger partial charge is 0.384 e. The minimum absolute atomic E-state index is 0.0688. The third kappa shape index (κ3) is 2.87. The van der Waals surface area contributed by atoms with Gasteiger partial charge in [0.25, 0.3) is 0 Å². The van der Waals surface area contributed by atoms with Crippen LogP contribution < -0.4 is 5.32 Å². The molecule has 2 aromatic rings. The van der Waals surface area contributed by atoms with Gasteiger partial charge in [-0.3, -0.25) is 0 Å². The summed E-state index contributed by atoms with van der Waals surface area (Å²) in [6, 6.07) is 14.5. The van der Waals surface area contributed by atoms with Crippen LogP contribution in [0.3, 0.4) is 0 Å². The van der Waals surface area contributed by atoms with Crippen LogP contribution in [0.1, 0.15) is 29.2 Å². The molecule has 3 rings (SSSR count). The van der Waals surface area contributed by atoms with Gasteiger partial charge in [-0.1, -0.05) is 42.5 Å². The molecule has 0 aliphatic carbocycles. The third-order valence-electron chi connectivity index (χ3n) is 4.11. The molecule has 0 saturated carbocycles. The molecule has 1 heterocycles. The van der Waals surface area contributed by atoms with Crippen molar-refractivity contribution in [3.8, 4) is 0 Å². The zero-order valence-electron chi connectivity index (χ0n) is 11.8. The van der Waals surface area contributed by atoms with E-state index in [2.05, 4.69) is 5.32 Å². The third-order valence-corrected chi connectivity index (χ3v) is 4.11. The predicted molar refractivity (Wildman–Crippen MR) is 77.1 cm³/mol. The van der Waals surface area contributed by atoms with E-state index in [0.29, 0.717) is 12.0 Å². The van der Waals surface area contributed by atoms with E-state index in [4.69, 9.17) is 0 Å². The van der Waals surface area contributed by atoms with E-state index in [0.717, 1.165) is 17.7 Å². The maximum atomic E-state index is 12.8. The molecule has 2 nitrogen and oxygen atoms in total. The average Bonchev–Trinajstić information content (AvgIpc) is 2.91. The molecule has 116 valence electrons. The van der Waals surface area contributed by atoms with E-state index in [-0.39, 0.29) is 12.6 Å². The van der Waals surface area contributed by atoms with Gasteiger partial charge in [0.2, 0.25) is 0 Å². The second kappa shape index (κ2) is 5.41. The van der Waals surface area contributed by atoms with E-state index in [1.165, 1.54) is 6.07 Å². The van der Waals surface area contributed by atoms with Crippen LogP contribution in [0.4, 0.5) is 13.2 Å². The Balaban J connectivity index is 1.86. The molecule has 0 bridgehead atoms. The topological polar surface area (TPSA) is 32.3 Å². The molecule has 0 spiro atoms. The van der Waals surface area contributed by atoms with Gasteiger partial charge in [-0.05, 0) is 23.3 Å². The van der Waals surface area contributed by atoms with E-state index in [1.54, 1.807) is 6.07 Å². The van der Waals surface area contributed by atoms with Crippen LogP contribution in [0, 0.1) is 0 Å². The Morgan fingerprint density at radius 2 is 1.77 bits per heavy atom. The van der Waals surface area contributed by atoms with Crippen molar-refractivity contribution in [1.29, 1.82) is 0 Å². The van der Waals surface area contributed by atoms with Crippen molar-refractivity contribution in [3.63, 3.8) is 0 Å². The first-order valence-corrected chi connectivity index (χ1v) is 7.07. The lowest BCUT2D eigenvalue weighted by Gasteiger charge is -2.23. The van der Waals surface area contributed by atoms with Gasteiger partial charge in [0.15, 0.2) is 0 Å². The Hall–Kier alpha value is -1.85. The maximum absolute atomic E-state index is 12.8. The van der Waals surface area contributed by atoms with Gasteiger partial charge in [-0.2, -0.15) is 13.2 Å². The SMILES string of the molecule is O[C@]1(c2cccc(C(F)(F)F)c2)CN[C@@H](c2ccccc2)C1. The number of nitrogens with one attached hydrogen (secondary N) is 1. The molecule has 2 N–H and O–H groups in total. The molecule has 1 saturated heterocycles. The standard InChI is InChI=1S/C17H16F3NO/c18-17(19,20)14-8-4-7-13(9-14)16(22)10-15(21-11-16)12-5-2-1-3-6-12/h1-9,15,21-22H,10-11H2/t15-,16+/m1/s1. The molecule has 1 aliphatic heterocycles. The van der Waals surface area contributed by atoms with E-state index in [9.17, 15) is 18.3 Å². The largest absolute Gasteiger partial charge is 0.416 e. The summed E-state index contributed by atoms with van der Waals surface area (Å²) in [5.41, 5.74) is -0.706. The fourth-order valence-electron chi connectivity index (χ4n) is 2.90. The van der Waals surface area contributed by atoms with E-state index in [1.807, 2.05) is 30.3 Å². The van der Waals surface area contributed by atoms with Crippen LogP contribution >= 0.6 is 0 Å². The van der Waals surface area contributed by atoms with Crippen molar-refractivity contribution < 1.29 is 18.3 Å². The summed E-state index contributed by atoms with van der Waals surface area (Å²) in [5, 5.41) is 13.9. The molecule has 5 heteroatoms. The second-order valence-electron chi connectivity index (χ2n) is 5.66. The number of halogens is 3. The summed E-state index contributed by atoms with van der Waals surface area (Å²) in [7, 11) is 0. The molecule has 0 radical (unpaired) electrons. The summed E-state index contributed by atoms with van der Waals surface area (Å²) in [6.45, 7) is 0.230. The van der Waals surface area contributed by atoms with Crippen LogP contribution in [0.15, 0.2) is 54.6 Å². The molecule has 0 aromatic heterocycles. The summed E-state index contributed by atoms with van der Waals surface area (Å²) >= 11 is 0. The quantitative estimate of drug-likeness (QED) is 0.888. The van der Waals surface area contributed by atoms with Gasteiger partial charge in [0.05, 0.1) is 5.56 Å². The fourth-order valence-corrected chi connectivity index (χ4v) is 2.90. The number of aliphatic hydroxyl groups is 1. The number of benzene rings is 2. The number of alkyl halides is 3. The van der Waals surface area contributed by atoms with E-state index >= 15 is 0 Å². The Bertz CT molecular complexity index is 656. The molecule has 0 amide bonds. The van der Waals surface area contributed by atoms with Crippen molar-refractivity contribution in [2.24, 2.45) is 0 Å². The number of hydrogen-bond donors (Lipinski definition) is 2. The highest BCUT2D eigenvalue weighted by molar-refractivity contribution is 5.33. The van der Waals surface area contributed by atoms with Crippen molar-refractivity contribution >= 4 is 0 Å². The molecule has 2 aromatic carbocycles. The van der Waals surface area contributed by atoms with Crippen LogP contribution in [0.25, 0.3) is 0 Å². The van der Waals surface area contributed by atoms with Crippen molar-refractivity contribution in [2.75, 3.05) is 6.54 Å². The van der Waals surface area contributed by atoms with Gasteiger partial charge in [0.1, 0.15) is 5.60 Å². The van der Waals surface area contributed by atoms with E-state index < -0.39 is 17.3 Å². The maximum Gasteiger partial charge on any atom is 0.416 e. The van der Waals surface area contributed by atoms with Crippen LogP contribution in [-0.4, -0.2) is 11.7 Å². The minimum atomic E-state index is -4.41. The summed E-state index contributed by atoms with van der Waals surface area (Å²) in [6.07, 6.45) is -4.06. The van der Waals surface area contributed by atoms with Crippen molar-refractivity contribution in [1.82, 2.24) is 5.32 Å². The number of rotatable bonds is 2.